The van der Waals surface area contributed by atoms with Crippen molar-refractivity contribution in [3.8, 4) is 28.4 Å². The zero-order valence-electron chi connectivity index (χ0n) is 26.8. The zero-order valence-corrected chi connectivity index (χ0v) is 26.8. The number of fused-ring (bicyclic) bond motifs is 8. The molecule has 5 aromatic carbocycles. The summed E-state index contributed by atoms with van der Waals surface area (Å²) >= 11 is 0. The van der Waals surface area contributed by atoms with Gasteiger partial charge in [-0.15, -0.1) is 0 Å². The first kappa shape index (κ1) is 29.5. The van der Waals surface area contributed by atoms with Gasteiger partial charge in [0.05, 0.1) is 33.1 Å². The van der Waals surface area contributed by atoms with Crippen LogP contribution in [0.1, 0.15) is 41.7 Å². The summed E-state index contributed by atoms with van der Waals surface area (Å²) in [6, 6.07) is 24.6. The number of benzene rings is 5. The molecule has 8 rings (SSSR count). The number of hydrogen-bond donors (Lipinski definition) is 0. The van der Waals surface area contributed by atoms with E-state index in [1.165, 1.54) is 6.07 Å². The molecule has 0 bridgehead atoms. The number of nitrogens with zero attached hydrogens (tertiary/aromatic N) is 1. The highest BCUT2D eigenvalue weighted by atomic mass is 19.1. The fourth-order valence-electron chi connectivity index (χ4n) is 7.83. The molecule has 0 amide bonds. The van der Waals surface area contributed by atoms with Crippen molar-refractivity contribution in [1.82, 2.24) is 0 Å². The SMILES string of the molecule is COc1ccc(C2(c3ccccc3)C=Cc3c4c(c5cc(N6CCOCC6)c(OC)cc5c3O2)-c2cc(F)cc(F)c2C4(C)C)cc1. The number of methoxy groups -OCH3 is 2. The molecule has 47 heavy (non-hydrogen) atoms. The molecule has 3 aliphatic rings. The number of hydrogen-bond acceptors (Lipinski definition) is 5. The van der Waals surface area contributed by atoms with E-state index in [1.807, 2.05) is 62.4 Å². The number of rotatable bonds is 5. The maximum atomic E-state index is 15.8. The second-order valence-electron chi connectivity index (χ2n) is 12.9. The molecule has 1 saturated heterocycles. The summed E-state index contributed by atoms with van der Waals surface area (Å²) in [6.45, 7) is 6.62. The largest absolute Gasteiger partial charge is 0.497 e. The Kier molecular flexibility index (Phi) is 6.81. The van der Waals surface area contributed by atoms with E-state index in [-0.39, 0.29) is 0 Å². The molecule has 0 N–H and O–H groups in total. The number of morpholine rings is 1. The second-order valence-corrected chi connectivity index (χ2v) is 12.9. The average molecular weight is 632 g/mol. The van der Waals surface area contributed by atoms with Gasteiger partial charge in [0.15, 0.2) is 5.60 Å². The summed E-state index contributed by atoms with van der Waals surface area (Å²) in [5.41, 5.74) is 4.64. The Morgan fingerprint density at radius 3 is 2.21 bits per heavy atom. The van der Waals surface area contributed by atoms with Gasteiger partial charge >= 0.3 is 0 Å². The third-order valence-corrected chi connectivity index (χ3v) is 9.99. The van der Waals surface area contributed by atoms with Gasteiger partial charge in [-0.2, -0.15) is 0 Å². The van der Waals surface area contributed by atoms with E-state index in [0.29, 0.717) is 48.9 Å². The molecular formula is C40H35F2NO4. The van der Waals surface area contributed by atoms with E-state index >= 15 is 4.39 Å². The second kappa shape index (κ2) is 10.8. The van der Waals surface area contributed by atoms with Crippen LogP contribution in [0.2, 0.25) is 0 Å². The minimum absolute atomic E-state index is 0.482. The maximum Gasteiger partial charge on any atom is 0.178 e. The molecule has 2 heterocycles. The average Bonchev–Trinajstić information content (AvgIpc) is 3.34. The smallest absolute Gasteiger partial charge is 0.178 e. The molecule has 5 aromatic rings. The summed E-state index contributed by atoms with van der Waals surface area (Å²) in [7, 11) is 3.31. The summed E-state index contributed by atoms with van der Waals surface area (Å²) in [6.07, 6.45) is 4.17. The van der Waals surface area contributed by atoms with Crippen molar-refractivity contribution in [1.29, 1.82) is 0 Å². The van der Waals surface area contributed by atoms with Gasteiger partial charge in [-0.3, -0.25) is 0 Å². The van der Waals surface area contributed by atoms with Gasteiger partial charge in [0.2, 0.25) is 0 Å². The van der Waals surface area contributed by atoms with Crippen LogP contribution in [0.5, 0.6) is 17.2 Å². The normalized spacial score (nSPS) is 19.1. The lowest BCUT2D eigenvalue weighted by molar-refractivity contribution is 0.122. The molecular weight excluding hydrogens is 596 g/mol. The highest BCUT2D eigenvalue weighted by Crippen LogP contribution is 2.59. The first-order valence-corrected chi connectivity index (χ1v) is 15.9. The predicted molar refractivity (Wildman–Crippen MR) is 181 cm³/mol. The Morgan fingerprint density at radius 1 is 0.787 bits per heavy atom. The van der Waals surface area contributed by atoms with Crippen LogP contribution in [-0.2, 0) is 15.8 Å². The van der Waals surface area contributed by atoms with Gasteiger partial charge in [-0.25, -0.2) is 8.78 Å². The van der Waals surface area contributed by atoms with E-state index in [0.717, 1.165) is 56.1 Å². The van der Waals surface area contributed by atoms with Crippen LogP contribution >= 0.6 is 0 Å². The molecule has 7 heteroatoms. The number of halogens is 2. The van der Waals surface area contributed by atoms with Crippen molar-refractivity contribution in [2.75, 3.05) is 45.4 Å². The molecule has 1 fully saturated rings. The van der Waals surface area contributed by atoms with Gasteiger partial charge in [0.1, 0.15) is 28.9 Å². The standard InChI is InChI=1S/C40H35F2NO4/c1-39(2)36-31(20-26(41)21-32(36)42)35-29-22-33(43-16-18-46-19-17-43)34(45-4)23-30(29)38-28(37(35)39)14-15-40(47-38,24-8-6-5-7-9-24)25-10-12-27(44-3)13-11-25/h5-15,20-23H,16-19H2,1-4H3. The van der Waals surface area contributed by atoms with E-state index in [4.69, 9.17) is 18.9 Å². The highest BCUT2D eigenvalue weighted by Gasteiger charge is 2.46. The van der Waals surface area contributed by atoms with Crippen molar-refractivity contribution in [3.05, 3.63) is 124 Å². The Labute approximate surface area is 273 Å². The van der Waals surface area contributed by atoms with Crippen LogP contribution in [0.25, 0.3) is 28.0 Å². The molecule has 1 aliphatic carbocycles. The lowest BCUT2D eigenvalue weighted by atomic mass is 9.76. The van der Waals surface area contributed by atoms with Crippen LogP contribution in [-0.4, -0.2) is 40.5 Å². The Hall–Kier alpha value is -4.88. The van der Waals surface area contributed by atoms with Crippen LogP contribution in [0, 0.1) is 11.6 Å². The molecule has 2 aliphatic heterocycles. The van der Waals surface area contributed by atoms with Crippen molar-refractivity contribution >= 4 is 22.5 Å². The molecule has 238 valence electrons. The monoisotopic (exact) mass is 631 g/mol. The van der Waals surface area contributed by atoms with Crippen molar-refractivity contribution < 1.29 is 27.7 Å². The van der Waals surface area contributed by atoms with Gasteiger partial charge in [0.25, 0.3) is 0 Å². The predicted octanol–water partition coefficient (Wildman–Crippen LogP) is 8.63. The molecule has 5 nitrogen and oxygen atoms in total. The molecule has 0 radical (unpaired) electrons. The summed E-state index contributed by atoms with van der Waals surface area (Å²) in [5.74, 6) is 0.941. The minimum Gasteiger partial charge on any atom is -0.497 e. The van der Waals surface area contributed by atoms with E-state index in [9.17, 15) is 4.39 Å². The fraction of sp³-hybridized carbons (Fsp3) is 0.250. The first-order chi connectivity index (χ1) is 22.8. The van der Waals surface area contributed by atoms with Crippen molar-refractivity contribution in [2.24, 2.45) is 0 Å². The Balaban J connectivity index is 1.47. The Morgan fingerprint density at radius 2 is 1.51 bits per heavy atom. The quantitative estimate of drug-likeness (QED) is 0.194. The third kappa shape index (κ3) is 4.36. The lowest BCUT2D eigenvalue weighted by Crippen LogP contribution is -2.36. The highest BCUT2D eigenvalue weighted by molar-refractivity contribution is 6.10. The molecule has 0 spiro atoms. The number of anilines is 1. The first-order valence-electron chi connectivity index (χ1n) is 15.9. The molecule has 1 atom stereocenters. The zero-order chi connectivity index (χ0) is 32.5. The topological polar surface area (TPSA) is 40.2 Å². The maximum absolute atomic E-state index is 15.8. The number of ether oxygens (including phenoxy) is 4. The summed E-state index contributed by atoms with van der Waals surface area (Å²) in [4.78, 5) is 2.24. The minimum atomic E-state index is -0.981. The Bertz CT molecular complexity index is 2070. The van der Waals surface area contributed by atoms with Crippen LogP contribution in [0.3, 0.4) is 0 Å². The van der Waals surface area contributed by atoms with Gasteiger partial charge in [-0.1, -0.05) is 62.4 Å². The molecule has 0 aromatic heterocycles. The molecule has 1 unspecified atom stereocenters. The van der Waals surface area contributed by atoms with Crippen LogP contribution < -0.4 is 19.1 Å². The van der Waals surface area contributed by atoms with Crippen molar-refractivity contribution in [2.45, 2.75) is 24.9 Å². The summed E-state index contributed by atoms with van der Waals surface area (Å²) < 4.78 is 55.3. The lowest BCUT2D eigenvalue weighted by Gasteiger charge is -2.38. The van der Waals surface area contributed by atoms with Gasteiger partial charge in [-0.05, 0) is 58.5 Å². The third-order valence-electron chi connectivity index (χ3n) is 9.99. The van der Waals surface area contributed by atoms with E-state index < -0.39 is 22.7 Å². The molecule has 0 saturated carbocycles. The van der Waals surface area contributed by atoms with Crippen molar-refractivity contribution in [3.63, 3.8) is 0 Å². The van der Waals surface area contributed by atoms with E-state index in [2.05, 4.69) is 35.3 Å². The van der Waals surface area contributed by atoms with Crippen LogP contribution in [0.15, 0.2) is 84.9 Å². The van der Waals surface area contributed by atoms with Crippen LogP contribution in [0.4, 0.5) is 14.5 Å². The van der Waals surface area contributed by atoms with E-state index in [1.54, 1.807) is 14.2 Å². The fourth-order valence-corrected chi connectivity index (χ4v) is 7.83. The van der Waals surface area contributed by atoms with Gasteiger partial charge < -0.3 is 23.8 Å². The summed E-state index contributed by atoms with van der Waals surface area (Å²) in [5, 5.41) is 1.66. The van der Waals surface area contributed by atoms with Gasteiger partial charge in [0, 0.05) is 52.2 Å².